The fourth-order valence-electron chi connectivity index (χ4n) is 8.78. The summed E-state index contributed by atoms with van der Waals surface area (Å²) in [6, 6.07) is 5.98. The Morgan fingerprint density at radius 1 is 1.03 bits per heavy atom. The van der Waals surface area contributed by atoms with Crippen LogP contribution in [-0.4, -0.2) is 156 Å². The third kappa shape index (κ3) is 13.1. The van der Waals surface area contributed by atoms with E-state index in [1.165, 1.54) is 26.2 Å². The highest BCUT2D eigenvalue weighted by Crippen LogP contribution is 2.36. The number of benzene rings is 1. The molecule has 3 aliphatic heterocycles. The molecule has 5 rings (SSSR count). The second-order valence-electron chi connectivity index (χ2n) is 18.0. The molecule has 0 bridgehead atoms. The number of oxime groups is 1. The smallest absolute Gasteiger partial charge is 0.316 e. The molecular formula is C44H71N7O12S. The van der Waals surface area contributed by atoms with Gasteiger partial charge in [0.1, 0.15) is 30.3 Å². The van der Waals surface area contributed by atoms with E-state index in [4.69, 9.17) is 28.9 Å². The molecule has 360 valence electrons. The maximum Gasteiger partial charge on any atom is 0.316 e. The summed E-state index contributed by atoms with van der Waals surface area (Å²) in [5.41, 5.74) is 0.891. The highest BCUT2D eigenvalue weighted by molar-refractivity contribution is 7.89. The number of nitrogens with two attached hydrogens (primary N) is 1. The predicted molar refractivity (Wildman–Crippen MR) is 235 cm³/mol. The van der Waals surface area contributed by atoms with Gasteiger partial charge in [-0.2, -0.15) is 0 Å². The molecule has 4 heterocycles. The third-order valence-corrected chi connectivity index (χ3v) is 14.3. The van der Waals surface area contributed by atoms with Crippen molar-refractivity contribution in [3.05, 3.63) is 41.7 Å². The Kier molecular flexibility index (Phi) is 18.4. The number of methoxy groups -OCH3 is 1. The van der Waals surface area contributed by atoms with Crippen LogP contribution in [0.4, 0.5) is 0 Å². The molecule has 1 aromatic carbocycles. The van der Waals surface area contributed by atoms with Gasteiger partial charge in [0.25, 0.3) is 0 Å². The number of esters is 1. The van der Waals surface area contributed by atoms with Crippen LogP contribution >= 0.6 is 0 Å². The van der Waals surface area contributed by atoms with Gasteiger partial charge >= 0.3 is 5.97 Å². The summed E-state index contributed by atoms with van der Waals surface area (Å²) in [5.74, 6) is -4.28. The lowest BCUT2D eigenvalue weighted by atomic mass is 9.78. The molecule has 3 saturated heterocycles. The minimum Gasteiger partial charge on any atom is -0.459 e. The highest BCUT2D eigenvalue weighted by atomic mass is 32.2. The zero-order valence-corrected chi connectivity index (χ0v) is 39.4. The van der Waals surface area contributed by atoms with Gasteiger partial charge in [-0.05, 0) is 104 Å². The molecule has 0 spiro atoms. The summed E-state index contributed by atoms with van der Waals surface area (Å²) in [5, 5.41) is 56.5. The summed E-state index contributed by atoms with van der Waals surface area (Å²) in [6.45, 7) is 12.9. The Bertz CT molecular complexity index is 1960. The van der Waals surface area contributed by atoms with Crippen molar-refractivity contribution < 1.29 is 57.1 Å². The number of likely N-dealkylation sites (N-methyl/N-ethyl adjacent to an activating group) is 1. The lowest BCUT2D eigenvalue weighted by Gasteiger charge is -2.46. The van der Waals surface area contributed by atoms with Crippen LogP contribution in [0.15, 0.2) is 40.5 Å². The Hall–Kier alpha value is -3.44. The van der Waals surface area contributed by atoms with E-state index < -0.39 is 88.0 Å². The molecule has 2 aromatic rings. The zero-order valence-electron chi connectivity index (χ0n) is 38.5. The SMILES string of the molecule is CC[C@H]1OC(=O)[C@H](C)C(=O)[C@H](C)[C@@H](O[C@@H]2O[C@H](C)C[C@H](N(C)CCc3cn(CCc4ccc(S(N)(=O)=O)cc4)nn3)[C@H]2O)[C@](C)(OC)CC/C(=N\OC2CCNCC2)[C@H](C)[C@@H](O)[C@@H]1O. The minimum atomic E-state index is -3.77. The summed E-state index contributed by atoms with van der Waals surface area (Å²) < 4.78 is 49.9. The summed E-state index contributed by atoms with van der Waals surface area (Å²) in [7, 11) is -0.360. The molecule has 19 nitrogen and oxygen atoms in total. The molecule has 20 heteroatoms. The third-order valence-electron chi connectivity index (χ3n) is 13.3. The van der Waals surface area contributed by atoms with Crippen molar-refractivity contribution in [2.24, 2.45) is 28.0 Å². The first-order valence-electron chi connectivity index (χ1n) is 22.5. The van der Waals surface area contributed by atoms with E-state index in [0.717, 1.165) is 37.2 Å². The fraction of sp³-hybridized carbons (Fsp3) is 0.750. The van der Waals surface area contributed by atoms with Crippen molar-refractivity contribution in [3.8, 4) is 0 Å². The molecule has 64 heavy (non-hydrogen) atoms. The Labute approximate surface area is 377 Å². The number of aliphatic hydroxyl groups excluding tert-OH is 3. The van der Waals surface area contributed by atoms with Gasteiger partial charge < -0.3 is 49.3 Å². The normalized spacial score (nSPS) is 33.8. The number of hydrogen-bond acceptors (Lipinski definition) is 17. The van der Waals surface area contributed by atoms with Crippen LogP contribution in [0.25, 0.3) is 0 Å². The lowest BCUT2D eigenvalue weighted by Crippen LogP contribution is -2.59. The van der Waals surface area contributed by atoms with E-state index in [-0.39, 0.29) is 36.4 Å². The van der Waals surface area contributed by atoms with E-state index in [1.54, 1.807) is 44.5 Å². The molecule has 12 atom stereocenters. The number of cyclic esters (lactones) is 1. The van der Waals surface area contributed by atoms with Gasteiger partial charge in [0.05, 0.1) is 40.2 Å². The lowest BCUT2D eigenvalue weighted by molar-refractivity contribution is -0.295. The van der Waals surface area contributed by atoms with Gasteiger partial charge in [-0.15, -0.1) is 5.10 Å². The number of aromatic nitrogens is 3. The van der Waals surface area contributed by atoms with Gasteiger partial charge in [-0.1, -0.05) is 43.3 Å². The number of nitrogens with zero attached hydrogens (tertiary/aromatic N) is 5. The first-order valence-corrected chi connectivity index (χ1v) is 24.1. The standard InChI is InChI=1S/C44H71N7O12S/c1-9-36-40(55)38(53)27(3)34(48-63-32-15-20-46-21-16-32)14-19-44(6,59-8)41(28(4)37(52)29(5)42(56)61-36)62-43-39(54)35(24-26(2)60-43)50(7)22-18-31-25-51(49-47-31)23-17-30-10-12-33(13-11-30)64(45,57)58/h10-13,25-29,32,35-36,38-41,43,46,53-55H,9,14-24H2,1-8H3,(H2,45,57,58)/b48-34+/t26-,27+,28+,29-,35+,36-,38-,39-,40-,41-,43+,44-/m1/s1. The van der Waals surface area contributed by atoms with E-state index in [9.17, 15) is 33.3 Å². The van der Waals surface area contributed by atoms with Gasteiger partial charge in [0.2, 0.25) is 10.0 Å². The van der Waals surface area contributed by atoms with Gasteiger partial charge in [-0.3, -0.25) is 14.3 Å². The number of sulfonamides is 1. The predicted octanol–water partition coefficient (Wildman–Crippen LogP) is 1.74. The maximum atomic E-state index is 14.3. The molecular weight excluding hydrogens is 851 g/mol. The number of ether oxygens (including phenoxy) is 4. The van der Waals surface area contributed by atoms with Crippen LogP contribution < -0.4 is 10.5 Å². The molecule has 3 aliphatic rings. The number of rotatable bonds is 14. The number of carbonyl (C=O) groups excluding carboxylic acids is 2. The Balaban J connectivity index is 1.33. The van der Waals surface area contributed by atoms with Gasteiger partial charge in [-0.25, -0.2) is 13.6 Å². The Morgan fingerprint density at radius 2 is 1.72 bits per heavy atom. The number of piperidine rings is 1. The monoisotopic (exact) mass is 921 g/mol. The Morgan fingerprint density at radius 3 is 2.36 bits per heavy atom. The second kappa shape index (κ2) is 22.8. The number of primary sulfonamides is 1. The average Bonchev–Trinajstić information content (AvgIpc) is 3.75. The number of Topliss-reactive ketones (excluding diaryl/α,β-unsaturated/α-hetero) is 1. The van der Waals surface area contributed by atoms with E-state index in [1.807, 2.05) is 25.1 Å². The van der Waals surface area contributed by atoms with Crippen LogP contribution in [0, 0.1) is 17.8 Å². The molecule has 0 saturated carbocycles. The summed E-state index contributed by atoms with van der Waals surface area (Å²) in [6.07, 6.45) is -2.22. The first kappa shape index (κ1) is 51.5. The highest BCUT2D eigenvalue weighted by Gasteiger charge is 2.49. The van der Waals surface area contributed by atoms with Crippen molar-refractivity contribution in [2.45, 2.75) is 165 Å². The average molecular weight is 922 g/mol. The van der Waals surface area contributed by atoms with Crippen molar-refractivity contribution in [1.82, 2.24) is 25.2 Å². The van der Waals surface area contributed by atoms with Gasteiger partial charge in [0, 0.05) is 50.7 Å². The molecule has 3 fully saturated rings. The quantitative estimate of drug-likeness (QED) is 0.103. The topological polar surface area (TPSA) is 259 Å². The second-order valence-corrected chi connectivity index (χ2v) is 19.6. The molecule has 0 radical (unpaired) electrons. The largest absolute Gasteiger partial charge is 0.459 e. The van der Waals surface area contributed by atoms with Crippen molar-refractivity contribution >= 4 is 27.5 Å². The molecule has 0 aliphatic carbocycles. The first-order chi connectivity index (χ1) is 30.3. The van der Waals surface area contributed by atoms with Crippen LogP contribution in [0.2, 0.25) is 0 Å². The van der Waals surface area contributed by atoms with Crippen molar-refractivity contribution in [3.63, 3.8) is 0 Å². The van der Waals surface area contributed by atoms with E-state index >= 15 is 0 Å². The molecule has 0 amide bonds. The van der Waals surface area contributed by atoms with Crippen molar-refractivity contribution in [1.29, 1.82) is 0 Å². The maximum absolute atomic E-state index is 14.3. The van der Waals surface area contributed by atoms with E-state index in [0.29, 0.717) is 38.1 Å². The molecule has 6 N–H and O–H groups in total. The van der Waals surface area contributed by atoms with E-state index in [2.05, 4.69) is 20.8 Å². The van der Waals surface area contributed by atoms with Gasteiger partial charge in [0.15, 0.2) is 12.1 Å². The number of ketones is 1. The summed E-state index contributed by atoms with van der Waals surface area (Å²) >= 11 is 0. The van der Waals surface area contributed by atoms with Crippen LogP contribution in [0.3, 0.4) is 0 Å². The summed E-state index contributed by atoms with van der Waals surface area (Å²) in [4.78, 5) is 35.9. The number of aryl methyl sites for hydroxylation is 2. The number of carbonyl (C=O) groups is 2. The zero-order chi connectivity index (χ0) is 46.9. The number of hydrogen-bond donors (Lipinski definition) is 5. The van der Waals surface area contributed by atoms with Crippen LogP contribution in [0.5, 0.6) is 0 Å². The molecule has 0 unspecified atom stereocenters. The number of nitrogens with one attached hydrogen (secondary N) is 1. The molecule has 1 aromatic heterocycles. The van der Waals surface area contributed by atoms with Crippen LogP contribution in [0.1, 0.15) is 91.3 Å². The van der Waals surface area contributed by atoms with Crippen molar-refractivity contribution in [2.75, 3.05) is 33.8 Å². The fourth-order valence-corrected chi connectivity index (χ4v) is 9.29. The minimum absolute atomic E-state index is 0.0523. The van der Waals surface area contributed by atoms with Crippen LogP contribution in [-0.2, 0) is 62.8 Å². The number of aliphatic hydroxyl groups is 3.